The molecule has 1 saturated carbocycles. The van der Waals surface area contributed by atoms with E-state index in [1.807, 2.05) is 6.07 Å². The van der Waals surface area contributed by atoms with Gasteiger partial charge in [-0.25, -0.2) is 0 Å². The van der Waals surface area contributed by atoms with Crippen molar-refractivity contribution in [3.63, 3.8) is 0 Å². The van der Waals surface area contributed by atoms with Crippen LogP contribution in [0, 0.1) is 12.8 Å². The third-order valence-electron chi connectivity index (χ3n) is 4.29. The van der Waals surface area contributed by atoms with Gasteiger partial charge in [-0.05, 0) is 48.8 Å². The van der Waals surface area contributed by atoms with Crippen LogP contribution in [0.1, 0.15) is 41.3 Å². The van der Waals surface area contributed by atoms with Gasteiger partial charge < -0.3 is 5.32 Å². The first-order valence-corrected chi connectivity index (χ1v) is 8.50. The monoisotopic (exact) mass is 299 g/mol. The fourth-order valence-corrected chi connectivity index (χ4v) is 3.74. The zero-order valence-electron chi connectivity index (χ0n) is 12.3. The lowest BCUT2D eigenvalue weighted by atomic mass is 9.84. The molecule has 3 heteroatoms. The maximum atomic E-state index is 12.3. The molecule has 1 aliphatic carbocycles. The number of hydrogen-bond donors (Lipinski definition) is 1. The molecular weight excluding hydrogens is 278 g/mol. The second-order valence-corrected chi connectivity index (χ2v) is 6.79. The van der Waals surface area contributed by atoms with E-state index in [9.17, 15) is 4.79 Å². The van der Waals surface area contributed by atoms with E-state index in [1.54, 1.807) is 11.3 Å². The van der Waals surface area contributed by atoms with Crippen LogP contribution in [-0.4, -0.2) is 5.91 Å². The zero-order valence-corrected chi connectivity index (χ0v) is 13.2. The third kappa shape index (κ3) is 3.35. The lowest BCUT2D eigenvalue weighted by Gasteiger charge is -2.27. The number of carbonyl (C=O) groups excluding carboxylic acids is 1. The molecule has 1 atom stereocenters. The van der Waals surface area contributed by atoms with Crippen molar-refractivity contribution < 1.29 is 4.79 Å². The van der Waals surface area contributed by atoms with Crippen molar-refractivity contribution in [3.8, 4) is 0 Å². The van der Waals surface area contributed by atoms with Gasteiger partial charge in [0.15, 0.2) is 0 Å². The van der Waals surface area contributed by atoms with Crippen LogP contribution >= 0.6 is 11.3 Å². The quantitative estimate of drug-likeness (QED) is 0.878. The first-order chi connectivity index (χ1) is 10.2. The van der Waals surface area contributed by atoms with Gasteiger partial charge in [-0.2, -0.15) is 0 Å². The summed E-state index contributed by atoms with van der Waals surface area (Å²) in [7, 11) is 0. The molecule has 21 heavy (non-hydrogen) atoms. The van der Waals surface area contributed by atoms with Gasteiger partial charge in [0.1, 0.15) is 0 Å². The minimum absolute atomic E-state index is 0.0977. The molecular formula is C18H21NOS. The Labute approximate surface area is 130 Å². The number of benzene rings is 1. The standard InChI is InChI=1S/C18H21NOS/c1-13-10-11-21-17(13)16(12-14-6-3-2-4-7-14)19-18(20)15-8-5-9-15/h2-4,6-7,10-11,15-16H,5,8-9,12H2,1H3,(H,19,20). The number of carbonyl (C=O) groups is 1. The molecule has 3 rings (SSSR count). The summed E-state index contributed by atoms with van der Waals surface area (Å²) in [6, 6.07) is 12.6. The lowest BCUT2D eigenvalue weighted by Crippen LogP contribution is -2.37. The summed E-state index contributed by atoms with van der Waals surface area (Å²) in [5.74, 6) is 0.471. The van der Waals surface area contributed by atoms with E-state index >= 15 is 0 Å². The van der Waals surface area contributed by atoms with Gasteiger partial charge in [-0.15, -0.1) is 11.3 Å². The number of thiophene rings is 1. The van der Waals surface area contributed by atoms with Gasteiger partial charge in [-0.1, -0.05) is 36.8 Å². The summed E-state index contributed by atoms with van der Waals surface area (Å²) in [6.45, 7) is 2.12. The van der Waals surface area contributed by atoms with Gasteiger partial charge >= 0.3 is 0 Å². The summed E-state index contributed by atoms with van der Waals surface area (Å²) in [5, 5.41) is 5.39. The highest BCUT2D eigenvalue weighted by Gasteiger charge is 2.28. The van der Waals surface area contributed by atoms with Gasteiger partial charge in [0.2, 0.25) is 5.91 Å². The fourth-order valence-electron chi connectivity index (χ4n) is 2.76. The average Bonchev–Trinajstić information content (AvgIpc) is 2.83. The van der Waals surface area contributed by atoms with Gasteiger partial charge in [0.05, 0.1) is 6.04 Å². The second kappa shape index (κ2) is 6.44. The molecule has 0 spiro atoms. The Morgan fingerprint density at radius 1 is 1.29 bits per heavy atom. The zero-order chi connectivity index (χ0) is 14.7. The molecule has 110 valence electrons. The van der Waals surface area contributed by atoms with Crippen molar-refractivity contribution in [1.82, 2.24) is 5.32 Å². The van der Waals surface area contributed by atoms with Gasteiger partial charge in [0.25, 0.3) is 0 Å². The number of rotatable bonds is 5. The van der Waals surface area contributed by atoms with E-state index in [2.05, 4.69) is 48.0 Å². The Balaban J connectivity index is 1.77. The maximum Gasteiger partial charge on any atom is 0.223 e. The lowest BCUT2D eigenvalue weighted by molar-refractivity contribution is -0.128. The van der Waals surface area contributed by atoms with Crippen molar-refractivity contribution in [2.75, 3.05) is 0 Å². The number of nitrogens with one attached hydrogen (secondary N) is 1. The highest BCUT2D eigenvalue weighted by Crippen LogP contribution is 2.30. The van der Waals surface area contributed by atoms with Crippen molar-refractivity contribution in [2.24, 2.45) is 5.92 Å². The number of amides is 1. The van der Waals surface area contributed by atoms with Crippen LogP contribution < -0.4 is 5.32 Å². The minimum Gasteiger partial charge on any atom is -0.348 e. The molecule has 1 aromatic heterocycles. The first kappa shape index (κ1) is 14.3. The molecule has 0 saturated heterocycles. The molecule has 1 aromatic carbocycles. The molecule has 0 bridgehead atoms. The third-order valence-corrected chi connectivity index (χ3v) is 5.43. The van der Waals surface area contributed by atoms with Crippen LogP contribution in [0.25, 0.3) is 0 Å². The SMILES string of the molecule is Cc1ccsc1C(Cc1ccccc1)NC(=O)C1CCC1. The topological polar surface area (TPSA) is 29.1 Å². The number of hydrogen-bond acceptors (Lipinski definition) is 2. The fraction of sp³-hybridized carbons (Fsp3) is 0.389. The van der Waals surface area contributed by atoms with E-state index in [-0.39, 0.29) is 17.9 Å². The van der Waals surface area contributed by atoms with Crippen molar-refractivity contribution >= 4 is 17.2 Å². The van der Waals surface area contributed by atoms with Crippen LogP contribution in [0.3, 0.4) is 0 Å². The van der Waals surface area contributed by atoms with Gasteiger partial charge in [0, 0.05) is 10.8 Å². The Hall–Kier alpha value is -1.61. The Kier molecular flexibility index (Phi) is 4.39. The van der Waals surface area contributed by atoms with Crippen LogP contribution in [-0.2, 0) is 11.2 Å². The Morgan fingerprint density at radius 2 is 2.05 bits per heavy atom. The van der Waals surface area contributed by atoms with Crippen LogP contribution in [0.4, 0.5) is 0 Å². The largest absolute Gasteiger partial charge is 0.348 e. The van der Waals surface area contributed by atoms with E-state index in [0.29, 0.717) is 0 Å². The Bertz CT molecular complexity index is 601. The number of aryl methyl sites for hydroxylation is 1. The summed E-state index contributed by atoms with van der Waals surface area (Å²) >= 11 is 1.74. The van der Waals surface area contributed by atoms with Crippen LogP contribution in [0.5, 0.6) is 0 Å². The molecule has 1 aliphatic rings. The van der Waals surface area contributed by atoms with Crippen molar-refractivity contribution in [2.45, 2.75) is 38.6 Å². The van der Waals surface area contributed by atoms with Crippen molar-refractivity contribution in [3.05, 3.63) is 57.8 Å². The summed E-state index contributed by atoms with van der Waals surface area (Å²) in [5.41, 5.74) is 2.54. The molecule has 1 heterocycles. The summed E-state index contributed by atoms with van der Waals surface area (Å²) < 4.78 is 0. The van der Waals surface area contributed by atoms with Gasteiger partial charge in [-0.3, -0.25) is 4.79 Å². The highest BCUT2D eigenvalue weighted by molar-refractivity contribution is 7.10. The molecule has 1 N–H and O–H groups in total. The maximum absolute atomic E-state index is 12.3. The van der Waals surface area contributed by atoms with Crippen LogP contribution in [0.15, 0.2) is 41.8 Å². The molecule has 2 aromatic rings. The van der Waals surface area contributed by atoms with Crippen LogP contribution in [0.2, 0.25) is 0 Å². The van der Waals surface area contributed by atoms with E-state index in [1.165, 1.54) is 22.4 Å². The molecule has 1 fully saturated rings. The molecule has 0 radical (unpaired) electrons. The molecule has 0 aliphatic heterocycles. The highest BCUT2D eigenvalue weighted by atomic mass is 32.1. The second-order valence-electron chi connectivity index (χ2n) is 5.85. The predicted octanol–water partition coefficient (Wildman–Crippen LogP) is 4.26. The molecule has 1 amide bonds. The average molecular weight is 299 g/mol. The van der Waals surface area contributed by atoms with Crippen molar-refractivity contribution in [1.29, 1.82) is 0 Å². The van der Waals surface area contributed by atoms with E-state index in [0.717, 1.165) is 19.3 Å². The first-order valence-electron chi connectivity index (χ1n) is 7.62. The Morgan fingerprint density at radius 3 is 2.62 bits per heavy atom. The van der Waals surface area contributed by atoms with E-state index in [4.69, 9.17) is 0 Å². The molecule has 1 unspecified atom stereocenters. The predicted molar refractivity (Wildman–Crippen MR) is 87.4 cm³/mol. The summed E-state index contributed by atoms with van der Waals surface area (Å²) in [6.07, 6.45) is 4.15. The van der Waals surface area contributed by atoms with E-state index < -0.39 is 0 Å². The minimum atomic E-state index is 0.0977. The summed E-state index contributed by atoms with van der Waals surface area (Å²) in [4.78, 5) is 13.6. The molecule has 2 nitrogen and oxygen atoms in total. The normalized spacial score (nSPS) is 16.2. The smallest absolute Gasteiger partial charge is 0.223 e.